The van der Waals surface area contributed by atoms with Crippen LogP contribution in [0, 0.1) is 0 Å². The minimum absolute atomic E-state index is 0.250. The molecule has 2 N–H and O–H groups in total. The van der Waals surface area contributed by atoms with Crippen molar-refractivity contribution in [3.63, 3.8) is 0 Å². The van der Waals surface area contributed by atoms with Crippen molar-refractivity contribution >= 4 is 17.1 Å². The molecule has 0 aliphatic rings. The molecule has 0 bridgehead atoms. The topological polar surface area (TPSA) is 58.3 Å². The first-order valence-electron chi connectivity index (χ1n) is 4.46. The number of nitrogens with one attached hydrogen (secondary N) is 1. The largest absolute Gasteiger partial charge is 0.424 e. The molecule has 2 rings (SSSR count). The molecule has 1 heterocycles. The molecule has 4 heteroatoms. The molecule has 0 atom stereocenters. The van der Waals surface area contributed by atoms with Crippen molar-refractivity contribution in [2.75, 3.05) is 19.0 Å². The molecule has 1 aromatic carbocycles. The third-order valence-corrected chi connectivity index (χ3v) is 1.51. The predicted molar refractivity (Wildman–Crippen MR) is 56.3 cm³/mol. The van der Waals surface area contributed by atoms with Gasteiger partial charge < -0.3 is 14.8 Å². The fourth-order valence-corrected chi connectivity index (χ4v) is 0.979. The molecule has 0 spiro atoms. The van der Waals surface area contributed by atoms with Gasteiger partial charge in [0.2, 0.25) is 0 Å². The first-order valence-corrected chi connectivity index (χ1v) is 4.46. The van der Waals surface area contributed by atoms with Gasteiger partial charge in [-0.25, -0.2) is 0 Å². The highest BCUT2D eigenvalue weighted by atomic mass is 16.4. The highest BCUT2D eigenvalue weighted by Gasteiger charge is 2.00. The van der Waals surface area contributed by atoms with E-state index in [1.54, 1.807) is 14.0 Å². The minimum Gasteiger partial charge on any atom is -0.424 e. The van der Waals surface area contributed by atoms with Crippen LogP contribution in [0.1, 0.15) is 6.92 Å². The molecular weight excluding hydrogens is 180 g/mol. The van der Waals surface area contributed by atoms with Gasteiger partial charge in [-0.3, -0.25) is 0 Å². The Morgan fingerprint density at radius 1 is 1.43 bits per heavy atom. The highest BCUT2D eigenvalue weighted by molar-refractivity contribution is 5.73. The summed E-state index contributed by atoms with van der Waals surface area (Å²) < 4.78 is 5.29. The monoisotopic (exact) mass is 194 g/mol. The third-order valence-electron chi connectivity index (χ3n) is 1.51. The van der Waals surface area contributed by atoms with Crippen LogP contribution in [0.4, 0.5) is 6.01 Å². The number of anilines is 1. The van der Waals surface area contributed by atoms with Gasteiger partial charge in [-0.15, -0.1) is 0 Å². The summed E-state index contributed by atoms with van der Waals surface area (Å²) in [6, 6.07) is 8.23. The summed E-state index contributed by atoms with van der Waals surface area (Å²) in [5, 5.41) is 10.4. The maximum absolute atomic E-state index is 7.57. The van der Waals surface area contributed by atoms with E-state index in [-0.39, 0.29) is 6.61 Å². The summed E-state index contributed by atoms with van der Waals surface area (Å²) in [6.07, 6.45) is 0. The van der Waals surface area contributed by atoms with E-state index >= 15 is 0 Å². The van der Waals surface area contributed by atoms with Crippen molar-refractivity contribution in [1.29, 1.82) is 0 Å². The Labute approximate surface area is 82.6 Å². The molecule has 0 saturated heterocycles. The van der Waals surface area contributed by atoms with E-state index in [1.165, 1.54) is 0 Å². The molecule has 0 fully saturated rings. The number of hydrogen-bond acceptors (Lipinski definition) is 4. The lowest BCUT2D eigenvalue weighted by atomic mass is 10.3. The minimum atomic E-state index is 0.250. The fraction of sp³-hybridized carbons (Fsp3) is 0.300. The number of nitrogens with zero attached hydrogens (tertiary/aromatic N) is 1. The lowest BCUT2D eigenvalue weighted by Crippen LogP contribution is -1.85. The van der Waals surface area contributed by atoms with Crippen LogP contribution in [-0.4, -0.2) is 23.7 Å². The fourth-order valence-electron chi connectivity index (χ4n) is 0.979. The third kappa shape index (κ3) is 2.47. The van der Waals surface area contributed by atoms with Gasteiger partial charge in [0.1, 0.15) is 5.52 Å². The summed E-state index contributed by atoms with van der Waals surface area (Å²) in [6.45, 7) is 1.93. The van der Waals surface area contributed by atoms with Crippen LogP contribution in [0.3, 0.4) is 0 Å². The molecule has 14 heavy (non-hydrogen) atoms. The normalized spacial score (nSPS) is 9.36. The van der Waals surface area contributed by atoms with Gasteiger partial charge in [0.25, 0.3) is 6.01 Å². The zero-order valence-electron chi connectivity index (χ0n) is 8.32. The standard InChI is InChI=1S/C8H8N2O.C2H6O/c1-9-8-10-6-4-2-3-5-7(6)11-8;1-2-3/h2-5H,1H3,(H,9,10);3H,2H2,1H3. The smallest absolute Gasteiger partial charge is 0.295 e. The van der Waals surface area contributed by atoms with Gasteiger partial charge in [0.05, 0.1) is 0 Å². The Balaban J connectivity index is 0.000000293. The van der Waals surface area contributed by atoms with Crippen molar-refractivity contribution < 1.29 is 9.52 Å². The Hall–Kier alpha value is -1.55. The second-order valence-electron chi connectivity index (χ2n) is 2.55. The lowest BCUT2D eigenvalue weighted by Gasteiger charge is -1.84. The molecule has 0 aliphatic heterocycles. The van der Waals surface area contributed by atoms with Gasteiger partial charge >= 0.3 is 0 Å². The Kier molecular flexibility index (Phi) is 3.94. The van der Waals surface area contributed by atoms with Gasteiger partial charge in [0.15, 0.2) is 5.58 Å². The second kappa shape index (κ2) is 5.24. The molecule has 0 aliphatic carbocycles. The number of aliphatic hydroxyl groups excluding tert-OH is 1. The zero-order valence-corrected chi connectivity index (χ0v) is 8.32. The van der Waals surface area contributed by atoms with E-state index in [4.69, 9.17) is 9.52 Å². The summed E-state index contributed by atoms with van der Waals surface area (Å²) in [7, 11) is 1.78. The Morgan fingerprint density at radius 2 is 2.07 bits per heavy atom. The molecule has 0 saturated carbocycles. The molecular formula is C10H14N2O2. The first kappa shape index (κ1) is 10.5. The average Bonchev–Trinajstić information content (AvgIpc) is 2.61. The van der Waals surface area contributed by atoms with Gasteiger partial charge in [0, 0.05) is 13.7 Å². The lowest BCUT2D eigenvalue weighted by molar-refractivity contribution is 0.318. The second-order valence-corrected chi connectivity index (χ2v) is 2.55. The number of fused-ring (bicyclic) bond motifs is 1. The van der Waals surface area contributed by atoms with E-state index in [2.05, 4.69) is 10.3 Å². The van der Waals surface area contributed by atoms with Crippen molar-refractivity contribution in [3.05, 3.63) is 24.3 Å². The molecule has 0 radical (unpaired) electrons. The van der Waals surface area contributed by atoms with Crippen molar-refractivity contribution in [2.24, 2.45) is 0 Å². The van der Waals surface area contributed by atoms with E-state index in [1.807, 2.05) is 24.3 Å². The quantitative estimate of drug-likeness (QED) is 0.727. The molecule has 4 nitrogen and oxygen atoms in total. The number of para-hydroxylation sites is 2. The number of hydrogen-bond donors (Lipinski definition) is 2. The zero-order chi connectivity index (χ0) is 10.4. The number of aromatic nitrogens is 1. The van der Waals surface area contributed by atoms with Gasteiger partial charge in [-0.1, -0.05) is 12.1 Å². The van der Waals surface area contributed by atoms with Crippen LogP contribution in [0.25, 0.3) is 11.1 Å². The Bertz CT molecular complexity index is 351. The Morgan fingerprint density at radius 3 is 2.64 bits per heavy atom. The summed E-state index contributed by atoms with van der Waals surface area (Å²) in [5.41, 5.74) is 1.70. The molecule has 1 aromatic heterocycles. The summed E-state index contributed by atoms with van der Waals surface area (Å²) >= 11 is 0. The maximum atomic E-state index is 7.57. The van der Waals surface area contributed by atoms with E-state index in [0.717, 1.165) is 11.1 Å². The highest BCUT2D eigenvalue weighted by Crippen LogP contribution is 2.16. The van der Waals surface area contributed by atoms with Crippen LogP contribution in [0.5, 0.6) is 0 Å². The number of rotatable bonds is 1. The summed E-state index contributed by atoms with van der Waals surface area (Å²) in [4.78, 5) is 4.15. The SMILES string of the molecule is CCO.CNc1nc2ccccc2o1. The van der Waals surface area contributed by atoms with Gasteiger partial charge in [-0.2, -0.15) is 4.98 Å². The number of aliphatic hydroxyl groups is 1. The number of oxazole rings is 1. The van der Waals surface area contributed by atoms with Crippen LogP contribution in [-0.2, 0) is 0 Å². The molecule has 76 valence electrons. The van der Waals surface area contributed by atoms with Crippen molar-refractivity contribution in [3.8, 4) is 0 Å². The molecule has 0 unspecified atom stereocenters. The van der Waals surface area contributed by atoms with E-state index in [9.17, 15) is 0 Å². The van der Waals surface area contributed by atoms with Crippen LogP contribution < -0.4 is 5.32 Å². The van der Waals surface area contributed by atoms with Crippen molar-refractivity contribution in [1.82, 2.24) is 4.98 Å². The number of benzene rings is 1. The van der Waals surface area contributed by atoms with E-state index < -0.39 is 0 Å². The van der Waals surface area contributed by atoms with Crippen LogP contribution in [0.15, 0.2) is 28.7 Å². The van der Waals surface area contributed by atoms with Crippen molar-refractivity contribution in [2.45, 2.75) is 6.92 Å². The first-order chi connectivity index (χ1) is 6.81. The van der Waals surface area contributed by atoms with E-state index in [0.29, 0.717) is 6.01 Å². The molecule has 0 amide bonds. The maximum Gasteiger partial charge on any atom is 0.295 e. The van der Waals surface area contributed by atoms with Crippen LogP contribution >= 0.6 is 0 Å². The van der Waals surface area contributed by atoms with Crippen LogP contribution in [0.2, 0.25) is 0 Å². The average molecular weight is 194 g/mol. The van der Waals surface area contributed by atoms with Gasteiger partial charge in [-0.05, 0) is 19.1 Å². The summed E-state index contributed by atoms with van der Waals surface area (Å²) in [5.74, 6) is 0. The molecule has 2 aromatic rings. The predicted octanol–water partition coefficient (Wildman–Crippen LogP) is 1.87.